The number of thiazole rings is 1. The van der Waals surface area contributed by atoms with E-state index in [4.69, 9.17) is 0 Å². The molecule has 0 fully saturated rings. The number of nitrogens with zero attached hydrogens (tertiary/aromatic N) is 1. The van der Waals surface area contributed by atoms with E-state index in [1.807, 2.05) is 6.92 Å². The SMILES string of the molecule is CC(=O)c1sc(-c2cc(C)sc2C)nc1C. The first-order chi connectivity index (χ1) is 7.49. The molecule has 0 amide bonds. The van der Waals surface area contributed by atoms with Crippen LogP contribution in [0.2, 0.25) is 0 Å². The summed E-state index contributed by atoms with van der Waals surface area (Å²) in [6, 6.07) is 2.14. The minimum absolute atomic E-state index is 0.103. The van der Waals surface area contributed by atoms with Gasteiger partial charge >= 0.3 is 0 Å². The Kier molecular flexibility index (Phi) is 2.95. The number of Topliss-reactive ketones (excluding diaryl/α,β-unsaturated/α-hetero) is 1. The first-order valence-corrected chi connectivity index (χ1v) is 6.68. The maximum Gasteiger partial charge on any atom is 0.171 e. The van der Waals surface area contributed by atoms with Crippen molar-refractivity contribution in [2.45, 2.75) is 27.7 Å². The molecule has 4 heteroatoms. The Morgan fingerprint density at radius 3 is 2.38 bits per heavy atom. The van der Waals surface area contributed by atoms with Crippen molar-refractivity contribution < 1.29 is 4.79 Å². The van der Waals surface area contributed by atoms with E-state index in [-0.39, 0.29) is 5.78 Å². The molecule has 0 saturated heterocycles. The predicted octanol–water partition coefficient (Wildman–Crippen LogP) is 4.00. The molecule has 2 nitrogen and oxygen atoms in total. The lowest BCUT2D eigenvalue weighted by atomic mass is 10.2. The monoisotopic (exact) mass is 251 g/mol. The highest BCUT2D eigenvalue weighted by Gasteiger charge is 2.15. The highest BCUT2D eigenvalue weighted by molar-refractivity contribution is 7.18. The summed E-state index contributed by atoms with van der Waals surface area (Å²) < 4.78 is 0. The quantitative estimate of drug-likeness (QED) is 0.755. The van der Waals surface area contributed by atoms with Crippen molar-refractivity contribution in [1.82, 2.24) is 4.98 Å². The minimum Gasteiger partial charge on any atom is -0.294 e. The second-order valence-corrected chi connectivity index (χ2v) is 6.28. The number of rotatable bonds is 2. The number of aromatic nitrogens is 1. The summed E-state index contributed by atoms with van der Waals surface area (Å²) in [4.78, 5) is 19.2. The third kappa shape index (κ3) is 1.95. The molecule has 0 aliphatic rings. The van der Waals surface area contributed by atoms with Crippen LogP contribution in [0.15, 0.2) is 6.07 Å². The summed E-state index contributed by atoms with van der Waals surface area (Å²) in [6.07, 6.45) is 0. The largest absolute Gasteiger partial charge is 0.294 e. The molecule has 2 aromatic heterocycles. The van der Waals surface area contributed by atoms with Gasteiger partial charge in [0.15, 0.2) is 5.78 Å². The molecule has 2 rings (SSSR count). The normalized spacial score (nSPS) is 10.8. The van der Waals surface area contributed by atoms with Crippen LogP contribution < -0.4 is 0 Å². The summed E-state index contributed by atoms with van der Waals surface area (Å²) in [5.74, 6) is 0.103. The molecule has 0 atom stereocenters. The average molecular weight is 251 g/mol. The van der Waals surface area contributed by atoms with E-state index in [1.54, 1.807) is 18.3 Å². The summed E-state index contributed by atoms with van der Waals surface area (Å²) >= 11 is 3.26. The van der Waals surface area contributed by atoms with Gasteiger partial charge in [-0.25, -0.2) is 4.98 Å². The first-order valence-electron chi connectivity index (χ1n) is 5.05. The second-order valence-electron chi connectivity index (χ2n) is 3.82. The molecule has 0 aliphatic carbocycles. The van der Waals surface area contributed by atoms with Crippen LogP contribution in [-0.2, 0) is 0 Å². The number of ketones is 1. The van der Waals surface area contributed by atoms with Crippen LogP contribution in [0.5, 0.6) is 0 Å². The van der Waals surface area contributed by atoms with Gasteiger partial charge in [-0.2, -0.15) is 0 Å². The summed E-state index contributed by atoms with van der Waals surface area (Å²) in [5, 5.41) is 0.963. The number of thiophene rings is 1. The van der Waals surface area contributed by atoms with Gasteiger partial charge in [0.05, 0.1) is 10.6 Å². The molecule has 0 N–H and O–H groups in total. The van der Waals surface area contributed by atoms with Gasteiger partial charge in [0.1, 0.15) is 5.01 Å². The van der Waals surface area contributed by atoms with Gasteiger partial charge in [-0.05, 0) is 26.8 Å². The Morgan fingerprint density at radius 1 is 1.25 bits per heavy atom. The van der Waals surface area contributed by atoms with Crippen LogP contribution >= 0.6 is 22.7 Å². The highest BCUT2D eigenvalue weighted by Crippen LogP contribution is 2.34. The molecule has 2 heterocycles. The molecule has 16 heavy (non-hydrogen) atoms. The van der Waals surface area contributed by atoms with Crippen molar-refractivity contribution in [3.63, 3.8) is 0 Å². The standard InChI is InChI=1S/C12H13NOS2/c1-6-5-10(9(4)15-6)12-13-7(2)11(16-12)8(3)14/h5H,1-4H3. The molecule has 0 aliphatic heterocycles. The summed E-state index contributed by atoms with van der Waals surface area (Å²) in [6.45, 7) is 7.67. The molecule has 0 bridgehead atoms. The van der Waals surface area contributed by atoms with Crippen LogP contribution in [-0.4, -0.2) is 10.8 Å². The van der Waals surface area contributed by atoms with E-state index < -0.39 is 0 Å². The van der Waals surface area contributed by atoms with Crippen molar-refractivity contribution >= 4 is 28.5 Å². The van der Waals surface area contributed by atoms with Crippen LogP contribution in [0.4, 0.5) is 0 Å². The van der Waals surface area contributed by atoms with Crippen LogP contribution in [0.1, 0.15) is 32.0 Å². The number of hydrogen-bond acceptors (Lipinski definition) is 4. The fourth-order valence-corrected chi connectivity index (χ4v) is 3.71. The topological polar surface area (TPSA) is 30.0 Å². The molecule has 2 aromatic rings. The van der Waals surface area contributed by atoms with Crippen LogP contribution in [0, 0.1) is 20.8 Å². The third-order valence-electron chi connectivity index (χ3n) is 2.39. The zero-order valence-corrected chi connectivity index (χ0v) is 11.4. The van der Waals surface area contributed by atoms with Crippen molar-refractivity contribution in [3.8, 4) is 10.6 Å². The smallest absolute Gasteiger partial charge is 0.171 e. The minimum atomic E-state index is 0.103. The van der Waals surface area contributed by atoms with Gasteiger partial charge < -0.3 is 0 Å². The zero-order chi connectivity index (χ0) is 11.9. The van der Waals surface area contributed by atoms with Gasteiger partial charge in [0, 0.05) is 22.2 Å². The van der Waals surface area contributed by atoms with Crippen molar-refractivity contribution in [2.75, 3.05) is 0 Å². The molecule has 0 saturated carbocycles. The molecule has 0 unspecified atom stereocenters. The van der Waals surface area contributed by atoms with E-state index in [2.05, 4.69) is 24.9 Å². The van der Waals surface area contributed by atoms with Gasteiger partial charge in [0.2, 0.25) is 0 Å². The van der Waals surface area contributed by atoms with E-state index in [9.17, 15) is 4.79 Å². The average Bonchev–Trinajstić information content (AvgIpc) is 2.69. The van der Waals surface area contributed by atoms with E-state index >= 15 is 0 Å². The molecule has 0 radical (unpaired) electrons. The molecule has 0 aromatic carbocycles. The van der Waals surface area contributed by atoms with Crippen LogP contribution in [0.25, 0.3) is 10.6 Å². The van der Waals surface area contributed by atoms with Gasteiger partial charge in [0.25, 0.3) is 0 Å². The first kappa shape index (κ1) is 11.5. The van der Waals surface area contributed by atoms with E-state index in [0.29, 0.717) is 0 Å². The highest BCUT2D eigenvalue weighted by atomic mass is 32.1. The number of aryl methyl sites for hydroxylation is 3. The van der Waals surface area contributed by atoms with Crippen molar-refractivity contribution in [1.29, 1.82) is 0 Å². The lowest BCUT2D eigenvalue weighted by Gasteiger charge is -1.91. The number of carbonyl (C=O) groups excluding carboxylic acids is 1. The predicted molar refractivity (Wildman–Crippen MR) is 69.6 cm³/mol. The van der Waals surface area contributed by atoms with Gasteiger partial charge in [-0.1, -0.05) is 0 Å². The fraction of sp³-hybridized carbons (Fsp3) is 0.333. The lowest BCUT2D eigenvalue weighted by molar-refractivity contribution is 0.102. The Balaban J connectivity index is 2.53. The van der Waals surface area contributed by atoms with Crippen molar-refractivity contribution in [3.05, 3.63) is 26.4 Å². The Labute approximate surface area is 103 Å². The number of carbonyl (C=O) groups is 1. The maximum atomic E-state index is 11.4. The molecule has 0 spiro atoms. The second kappa shape index (κ2) is 4.11. The molecular formula is C12H13NOS2. The van der Waals surface area contributed by atoms with Gasteiger partial charge in [-0.3, -0.25) is 4.79 Å². The lowest BCUT2D eigenvalue weighted by Crippen LogP contribution is -1.89. The third-order valence-corrected chi connectivity index (χ3v) is 4.65. The van der Waals surface area contributed by atoms with E-state index in [0.717, 1.165) is 15.6 Å². The number of hydrogen-bond donors (Lipinski definition) is 0. The Morgan fingerprint density at radius 2 is 1.94 bits per heavy atom. The zero-order valence-electron chi connectivity index (χ0n) is 9.75. The Hall–Kier alpha value is -1.00. The Bertz CT molecular complexity index is 551. The summed E-state index contributed by atoms with van der Waals surface area (Å²) in [7, 11) is 0. The fourth-order valence-electron chi connectivity index (χ4n) is 1.68. The molecule has 84 valence electrons. The maximum absolute atomic E-state index is 11.4. The molecular weight excluding hydrogens is 238 g/mol. The van der Waals surface area contributed by atoms with Crippen molar-refractivity contribution in [2.24, 2.45) is 0 Å². The summed E-state index contributed by atoms with van der Waals surface area (Å²) in [5.41, 5.74) is 2.01. The van der Waals surface area contributed by atoms with Crippen LogP contribution in [0.3, 0.4) is 0 Å². The van der Waals surface area contributed by atoms with Gasteiger partial charge in [-0.15, -0.1) is 22.7 Å². The van der Waals surface area contributed by atoms with E-state index in [1.165, 1.54) is 26.7 Å².